The smallest absolute Gasteiger partial charge is 0.335 e. The van der Waals surface area contributed by atoms with E-state index in [0.717, 1.165) is 25.4 Å². The first kappa shape index (κ1) is 24.5. The third-order valence-corrected chi connectivity index (χ3v) is 8.03. The van der Waals surface area contributed by atoms with Crippen LogP contribution in [0.15, 0.2) is 18.2 Å². The monoisotopic (exact) mass is 452 g/mol. The number of fused-ring (bicyclic) bond motifs is 1. The van der Waals surface area contributed by atoms with Gasteiger partial charge in [0.2, 0.25) is 0 Å². The second-order valence-corrected chi connectivity index (χ2v) is 10.1. The highest BCUT2D eigenvalue weighted by Gasteiger charge is 2.42. The van der Waals surface area contributed by atoms with Gasteiger partial charge in [-0.25, -0.2) is 4.79 Å². The van der Waals surface area contributed by atoms with Crippen LogP contribution in [0.1, 0.15) is 68.8 Å². The molecule has 5 nitrogen and oxygen atoms in total. The summed E-state index contributed by atoms with van der Waals surface area (Å²) >= 11 is 6.16. The van der Waals surface area contributed by atoms with E-state index in [0.29, 0.717) is 47.5 Å². The number of carbonyl (C=O) groups is 1. The molecule has 6 heteroatoms. The Balaban J connectivity index is 1.51. The Bertz CT molecular complexity index is 739. The SMILES string of the molecule is CC1CC[C@@H]2C(CO1)[C@H]([C@@H](C)[C@H](O)CCOCc1cc(C(=O)O)ccc1Cl)CC[C@H]2C. The number of hydrogen-bond donors (Lipinski definition) is 2. The Kier molecular flexibility index (Phi) is 8.80. The maximum atomic E-state index is 11.1. The van der Waals surface area contributed by atoms with E-state index in [4.69, 9.17) is 26.2 Å². The molecule has 3 rings (SSSR count). The highest BCUT2D eigenvalue weighted by atomic mass is 35.5. The van der Waals surface area contributed by atoms with Crippen molar-refractivity contribution in [2.45, 2.75) is 71.7 Å². The van der Waals surface area contributed by atoms with E-state index < -0.39 is 12.1 Å². The molecule has 2 N–H and O–H groups in total. The Labute approximate surface area is 191 Å². The van der Waals surface area contributed by atoms with E-state index in [-0.39, 0.29) is 18.1 Å². The van der Waals surface area contributed by atoms with E-state index in [2.05, 4.69) is 20.8 Å². The lowest BCUT2D eigenvalue weighted by Crippen LogP contribution is -2.41. The van der Waals surface area contributed by atoms with Gasteiger partial charge in [0.05, 0.1) is 31.0 Å². The number of aliphatic hydroxyl groups excluding tert-OH is 1. The summed E-state index contributed by atoms with van der Waals surface area (Å²) in [7, 11) is 0. The van der Waals surface area contributed by atoms with Gasteiger partial charge in [-0.3, -0.25) is 0 Å². The van der Waals surface area contributed by atoms with E-state index in [1.54, 1.807) is 12.1 Å². The van der Waals surface area contributed by atoms with Crippen molar-refractivity contribution in [1.29, 1.82) is 0 Å². The maximum absolute atomic E-state index is 11.1. The van der Waals surface area contributed by atoms with Gasteiger partial charge in [0, 0.05) is 11.6 Å². The van der Waals surface area contributed by atoms with E-state index in [1.807, 2.05) is 0 Å². The summed E-state index contributed by atoms with van der Waals surface area (Å²) in [6, 6.07) is 4.60. The second kappa shape index (κ2) is 11.1. The van der Waals surface area contributed by atoms with E-state index >= 15 is 0 Å². The van der Waals surface area contributed by atoms with Crippen molar-refractivity contribution in [3.05, 3.63) is 34.3 Å². The minimum absolute atomic E-state index is 0.192. The molecule has 0 aromatic heterocycles. The summed E-state index contributed by atoms with van der Waals surface area (Å²) in [6.07, 6.45) is 5.19. The summed E-state index contributed by atoms with van der Waals surface area (Å²) in [5.74, 6) is 1.63. The number of aromatic carboxylic acids is 1. The molecule has 1 saturated carbocycles. The first-order valence-corrected chi connectivity index (χ1v) is 12.0. The third-order valence-electron chi connectivity index (χ3n) is 7.66. The number of benzene rings is 1. The fraction of sp³-hybridized carbons (Fsp3) is 0.720. The van der Waals surface area contributed by atoms with Crippen molar-refractivity contribution in [2.75, 3.05) is 13.2 Å². The van der Waals surface area contributed by atoms with Gasteiger partial charge in [0.15, 0.2) is 0 Å². The van der Waals surface area contributed by atoms with Crippen molar-refractivity contribution < 1.29 is 24.5 Å². The number of carboxylic acids is 1. The Morgan fingerprint density at radius 3 is 2.74 bits per heavy atom. The first-order chi connectivity index (χ1) is 14.8. The fourth-order valence-corrected chi connectivity index (χ4v) is 5.73. The Morgan fingerprint density at radius 1 is 1.23 bits per heavy atom. The number of halogens is 1. The van der Waals surface area contributed by atoms with Crippen molar-refractivity contribution in [3.63, 3.8) is 0 Å². The number of rotatable bonds is 8. The first-order valence-electron chi connectivity index (χ1n) is 11.7. The summed E-state index contributed by atoms with van der Waals surface area (Å²) in [4.78, 5) is 11.1. The molecular weight excluding hydrogens is 416 g/mol. The van der Waals surface area contributed by atoms with Gasteiger partial charge in [-0.15, -0.1) is 0 Å². The highest BCUT2D eigenvalue weighted by molar-refractivity contribution is 6.31. The Hall–Kier alpha value is -1.14. The molecule has 2 aliphatic rings. The maximum Gasteiger partial charge on any atom is 0.335 e. The molecule has 1 aromatic carbocycles. The van der Waals surface area contributed by atoms with Gasteiger partial charge < -0.3 is 19.7 Å². The zero-order valence-corrected chi connectivity index (χ0v) is 19.7. The molecule has 1 aromatic rings. The molecule has 7 atom stereocenters. The molecular formula is C25H37ClO5. The predicted octanol–water partition coefficient (Wildman–Crippen LogP) is 5.42. The van der Waals surface area contributed by atoms with Crippen LogP contribution in [0.4, 0.5) is 0 Å². The van der Waals surface area contributed by atoms with Crippen LogP contribution >= 0.6 is 11.6 Å². The molecule has 31 heavy (non-hydrogen) atoms. The lowest BCUT2D eigenvalue weighted by atomic mass is 9.62. The normalized spacial score (nSPS) is 30.8. The minimum Gasteiger partial charge on any atom is -0.478 e. The lowest BCUT2D eigenvalue weighted by Gasteiger charge is -2.44. The molecule has 1 saturated heterocycles. The quantitative estimate of drug-likeness (QED) is 0.515. The average Bonchev–Trinajstić information content (AvgIpc) is 2.94. The number of carboxylic acid groups (broad SMARTS) is 1. The molecule has 0 bridgehead atoms. The minimum atomic E-state index is -0.987. The fourth-order valence-electron chi connectivity index (χ4n) is 5.56. The highest BCUT2D eigenvalue weighted by Crippen LogP contribution is 2.46. The second-order valence-electron chi connectivity index (χ2n) is 9.65. The van der Waals surface area contributed by atoms with Crippen molar-refractivity contribution in [3.8, 4) is 0 Å². The number of ether oxygens (including phenoxy) is 2. The van der Waals surface area contributed by atoms with Gasteiger partial charge >= 0.3 is 5.97 Å². The lowest BCUT2D eigenvalue weighted by molar-refractivity contribution is -0.0409. The van der Waals surface area contributed by atoms with Crippen LogP contribution in [0.5, 0.6) is 0 Å². The Morgan fingerprint density at radius 2 is 2.00 bits per heavy atom. The molecule has 2 unspecified atom stereocenters. The topological polar surface area (TPSA) is 76.0 Å². The van der Waals surface area contributed by atoms with Crippen molar-refractivity contribution >= 4 is 17.6 Å². The largest absolute Gasteiger partial charge is 0.478 e. The molecule has 1 heterocycles. The molecule has 0 radical (unpaired) electrons. The summed E-state index contributed by atoms with van der Waals surface area (Å²) in [5, 5.41) is 20.5. The number of aliphatic hydroxyl groups is 1. The van der Waals surface area contributed by atoms with Crippen LogP contribution in [0.3, 0.4) is 0 Å². The average molecular weight is 453 g/mol. The van der Waals surface area contributed by atoms with Gasteiger partial charge in [-0.2, -0.15) is 0 Å². The van der Waals surface area contributed by atoms with Gasteiger partial charge in [-0.05, 0) is 86.0 Å². The van der Waals surface area contributed by atoms with Crippen LogP contribution in [0, 0.1) is 29.6 Å². The molecule has 0 spiro atoms. The number of hydrogen-bond acceptors (Lipinski definition) is 4. The molecule has 2 fully saturated rings. The van der Waals surface area contributed by atoms with Crippen LogP contribution in [-0.2, 0) is 16.1 Å². The molecule has 174 valence electrons. The summed E-state index contributed by atoms with van der Waals surface area (Å²) < 4.78 is 11.8. The summed E-state index contributed by atoms with van der Waals surface area (Å²) in [6.45, 7) is 8.17. The van der Waals surface area contributed by atoms with Crippen LogP contribution in [-0.4, -0.2) is 41.6 Å². The van der Waals surface area contributed by atoms with E-state index in [1.165, 1.54) is 18.9 Å². The molecule has 0 amide bonds. The van der Waals surface area contributed by atoms with Crippen LogP contribution < -0.4 is 0 Å². The zero-order chi connectivity index (χ0) is 22.5. The van der Waals surface area contributed by atoms with Crippen molar-refractivity contribution in [1.82, 2.24) is 0 Å². The zero-order valence-electron chi connectivity index (χ0n) is 18.9. The van der Waals surface area contributed by atoms with Crippen LogP contribution in [0.25, 0.3) is 0 Å². The van der Waals surface area contributed by atoms with Crippen molar-refractivity contribution in [2.24, 2.45) is 29.6 Å². The van der Waals surface area contributed by atoms with Gasteiger partial charge in [0.25, 0.3) is 0 Å². The van der Waals surface area contributed by atoms with Crippen LogP contribution in [0.2, 0.25) is 5.02 Å². The molecule has 1 aliphatic carbocycles. The van der Waals surface area contributed by atoms with Gasteiger partial charge in [-0.1, -0.05) is 31.9 Å². The van der Waals surface area contributed by atoms with E-state index in [9.17, 15) is 9.90 Å². The molecule has 1 aliphatic heterocycles. The predicted molar refractivity (Wildman–Crippen MR) is 121 cm³/mol. The summed E-state index contributed by atoms with van der Waals surface area (Å²) in [5.41, 5.74) is 0.843. The third kappa shape index (κ3) is 6.22. The van der Waals surface area contributed by atoms with Gasteiger partial charge in [0.1, 0.15) is 0 Å². The standard InChI is InChI=1S/C25H37ClO5/c1-15-4-7-21(22-14-31-16(2)5-8-20(15)22)17(3)24(27)10-11-30-13-19-12-18(25(28)29)6-9-23(19)26/h6,9,12,15-17,20-22,24,27H,4-5,7-8,10-11,13-14H2,1-3H3,(H,28,29)/t15-,16?,17-,20+,21+,22?,24-/m1/s1.